The van der Waals surface area contributed by atoms with Crippen LogP contribution in [0.1, 0.15) is 18.4 Å². The van der Waals surface area contributed by atoms with E-state index in [1.807, 2.05) is 36.4 Å². The third kappa shape index (κ3) is 2.60. The van der Waals surface area contributed by atoms with Crippen LogP contribution in [0.5, 0.6) is 5.75 Å². The van der Waals surface area contributed by atoms with Crippen LogP contribution >= 0.6 is 0 Å². The SMILES string of the molecule is Cc1c(OC(=O)C2CC2)ccc2c(-c3ccccc3)cc(=O)oc12. The van der Waals surface area contributed by atoms with Gasteiger partial charge in [-0.1, -0.05) is 30.3 Å². The Labute approximate surface area is 138 Å². The summed E-state index contributed by atoms with van der Waals surface area (Å²) in [5.41, 5.74) is 2.46. The maximum Gasteiger partial charge on any atom is 0.336 e. The van der Waals surface area contributed by atoms with E-state index in [-0.39, 0.29) is 11.9 Å². The minimum absolute atomic E-state index is 0.0164. The van der Waals surface area contributed by atoms with Crippen LogP contribution in [0.3, 0.4) is 0 Å². The van der Waals surface area contributed by atoms with Crippen molar-refractivity contribution in [2.24, 2.45) is 5.92 Å². The van der Waals surface area contributed by atoms with Gasteiger partial charge in [-0.05, 0) is 43.0 Å². The van der Waals surface area contributed by atoms with Gasteiger partial charge >= 0.3 is 11.6 Å². The molecule has 0 spiro atoms. The first-order valence-corrected chi connectivity index (χ1v) is 7.98. The summed E-state index contributed by atoms with van der Waals surface area (Å²) >= 11 is 0. The lowest BCUT2D eigenvalue weighted by Crippen LogP contribution is -2.11. The monoisotopic (exact) mass is 320 g/mol. The van der Waals surface area contributed by atoms with Gasteiger partial charge in [0.2, 0.25) is 0 Å². The topological polar surface area (TPSA) is 56.5 Å². The molecule has 4 heteroatoms. The Hall–Kier alpha value is -2.88. The Balaban J connectivity index is 1.87. The molecule has 4 nitrogen and oxygen atoms in total. The summed E-state index contributed by atoms with van der Waals surface area (Å²) in [7, 11) is 0. The van der Waals surface area contributed by atoms with Crippen molar-refractivity contribution >= 4 is 16.9 Å². The fraction of sp³-hybridized carbons (Fsp3) is 0.200. The zero-order valence-electron chi connectivity index (χ0n) is 13.2. The number of carbonyl (C=O) groups is 1. The number of rotatable bonds is 3. The van der Waals surface area contributed by atoms with Gasteiger partial charge in [-0.25, -0.2) is 4.79 Å². The number of carbonyl (C=O) groups excluding carboxylic acids is 1. The highest BCUT2D eigenvalue weighted by Crippen LogP contribution is 2.35. The maximum absolute atomic E-state index is 12.0. The van der Waals surface area contributed by atoms with Crippen molar-refractivity contribution in [2.45, 2.75) is 19.8 Å². The quantitative estimate of drug-likeness (QED) is 0.414. The van der Waals surface area contributed by atoms with Gasteiger partial charge in [0.05, 0.1) is 5.92 Å². The highest BCUT2D eigenvalue weighted by molar-refractivity contribution is 5.96. The van der Waals surface area contributed by atoms with Gasteiger partial charge in [0.15, 0.2) is 0 Å². The van der Waals surface area contributed by atoms with Gasteiger partial charge < -0.3 is 9.15 Å². The molecule has 0 N–H and O–H groups in total. The number of hydrogen-bond acceptors (Lipinski definition) is 4. The van der Waals surface area contributed by atoms with Crippen LogP contribution in [0.15, 0.2) is 57.7 Å². The van der Waals surface area contributed by atoms with Crippen molar-refractivity contribution in [1.29, 1.82) is 0 Å². The molecule has 1 fully saturated rings. The molecule has 0 atom stereocenters. The second kappa shape index (κ2) is 5.64. The van der Waals surface area contributed by atoms with Crippen LogP contribution in [0.2, 0.25) is 0 Å². The molecule has 1 heterocycles. The predicted octanol–water partition coefficient (Wildman–Crippen LogP) is 4.08. The molecule has 4 rings (SSSR count). The second-order valence-electron chi connectivity index (χ2n) is 6.11. The van der Waals surface area contributed by atoms with E-state index in [9.17, 15) is 9.59 Å². The Morgan fingerprint density at radius 2 is 1.88 bits per heavy atom. The normalized spacial score (nSPS) is 13.9. The third-order valence-electron chi connectivity index (χ3n) is 4.32. The Bertz CT molecular complexity index is 982. The standard InChI is InChI=1S/C20H16O4/c1-12-17(23-20(22)14-7-8-14)10-9-15-16(11-18(21)24-19(12)15)13-5-3-2-4-6-13/h2-6,9-11,14H,7-8H2,1H3. The van der Waals surface area contributed by atoms with Crippen LogP contribution in [0, 0.1) is 12.8 Å². The molecule has 1 aliphatic rings. The Morgan fingerprint density at radius 1 is 1.12 bits per heavy atom. The first-order valence-electron chi connectivity index (χ1n) is 7.98. The van der Waals surface area contributed by atoms with E-state index in [0.717, 1.165) is 29.4 Å². The van der Waals surface area contributed by atoms with Gasteiger partial charge in [0, 0.05) is 17.0 Å². The molecule has 2 aromatic carbocycles. The lowest BCUT2D eigenvalue weighted by Gasteiger charge is -2.11. The molecule has 0 radical (unpaired) electrons. The van der Waals surface area contributed by atoms with Gasteiger partial charge in [0.1, 0.15) is 11.3 Å². The van der Waals surface area contributed by atoms with E-state index in [2.05, 4.69) is 0 Å². The molecule has 3 aromatic rings. The summed E-state index contributed by atoms with van der Waals surface area (Å²) in [6, 6.07) is 14.8. The molecule has 0 amide bonds. The molecule has 0 bridgehead atoms. The highest BCUT2D eigenvalue weighted by atomic mass is 16.5. The number of benzene rings is 2. The molecule has 120 valence electrons. The average molecular weight is 320 g/mol. The summed E-state index contributed by atoms with van der Waals surface area (Å²) in [5, 5.41) is 0.824. The van der Waals surface area contributed by atoms with Crippen LogP contribution in [0.4, 0.5) is 0 Å². The Kier molecular flexibility index (Phi) is 3.45. The second-order valence-corrected chi connectivity index (χ2v) is 6.11. The van der Waals surface area contributed by atoms with Gasteiger partial charge in [-0.3, -0.25) is 4.79 Å². The maximum atomic E-state index is 12.0. The zero-order valence-corrected chi connectivity index (χ0v) is 13.2. The fourth-order valence-electron chi connectivity index (χ4n) is 2.82. The van der Waals surface area contributed by atoms with E-state index in [1.165, 1.54) is 6.07 Å². The number of hydrogen-bond donors (Lipinski definition) is 0. The Morgan fingerprint density at radius 3 is 2.58 bits per heavy atom. The van der Waals surface area contributed by atoms with E-state index in [0.29, 0.717) is 16.9 Å². The highest BCUT2D eigenvalue weighted by Gasteiger charge is 2.32. The summed E-state index contributed by atoms with van der Waals surface area (Å²) < 4.78 is 10.9. The van der Waals surface area contributed by atoms with Crippen LogP contribution in [-0.4, -0.2) is 5.97 Å². The summed E-state index contributed by atoms with van der Waals surface area (Å²) in [4.78, 5) is 23.9. The number of ether oxygens (including phenoxy) is 1. The van der Waals surface area contributed by atoms with Gasteiger partial charge in [0.25, 0.3) is 0 Å². The van der Waals surface area contributed by atoms with Crippen molar-refractivity contribution in [2.75, 3.05) is 0 Å². The minimum atomic E-state index is -0.421. The van der Waals surface area contributed by atoms with Crippen molar-refractivity contribution in [3.63, 3.8) is 0 Å². The molecule has 24 heavy (non-hydrogen) atoms. The molecule has 0 aliphatic heterocycles. The van der Waals surface area contributed by atoms with Crippen molar-refractivity contribution in [3.05, 3.63) is 64.5 Å². The fourth-order valence-corrected chi connectivity index (χ4v) is 2.82. The average Bonchev–Trinajstić information content (AvgIpc) is 3.43. The minimum Gasteiger partial charge on any atom is -0.426 e. The summed E-state index contributed by atoms with van der Waals surface area (Å²) in [5.74, 6) is 0.259. The lowest BCUT2D eigenvalue weighted by molar-refractivity contribution is -0.135. The van der Waals surface area contributed by atoms with Crippen LogP contribution in [-0.2, 0) is 4.79 Å². The van der Waals surface area contributed by atoms with E-state index in [4.69, 9.17) is 9.15 Å². The first kappa shape index (κ1) is 14.7. The molecular weight excluding hydrogens is 304 g/mol. The lowest BCUT2D eigenvalue weighted by atomic mass is 10.0. The third-order valence-corrected chi connectivity index (χ3v) is 4.32. The smallest absolute Gasteiger partial charge is 0.336 e. The van der Waals surface area contributed by atoms with E-state index < -0.39 is 5.63 Å². The summed E-state index contributed by atoms with van der Waals surface area (Å²) in [6.07, 6.45) is 1.78. The predicted molar refractivity (Wildman–Crippen MR) is 91.0 cm³/mol. The van der Waals surface area contributed by atoms with Crippen molar-refractivity contribution < 1.29 is 13.9 Å². The molecule has 1 aliphatic carbocycles. The largest absolute Gasteiger partial charge is 0.426 e. The van der Waals surface area contributed by atoms with Crippen LogP contribution < -0.4 is 10.4 Å². The molecule has 1 saturated carbocycles. The van der Waals surface area contributed by atoms with E-state index >= 15 is 0 Å². The van der Waals surface area contributed by atoms with Gasteiger partial charge in [-0.15, -0.1) is 0 Å². The molecule has 0 saturated heterocycles. The van der Waals surface area contributed by atoms with Crippen molar-refractivity contribution in [3.8, 4) is 16.9 Å². The molecule has 1 aromatic heterocycles. The number of aryl methyl sites for hydroxylation is 1. The summed E-state index contributed by atoms with van der Waals surface area (Å²) in [6.45, 7) is 1.80. The van der Waals surface area contributed by atoms with Gasteiger partial charge in [-0.2, -0.15) is 0 Å². The zero-order chi connectivity index (χ0) is 16.7. The van der Waals surface area contributed by atoms with Crippen LogP contribution in [0.25, 0.3) is 22.1 Å². The van der Waals surface area contributed by atoms with E-state index in [1.54, 1.807) is 13.0 Å². The molecule has 0 unspecified atom stereocenters. The number of esters is 1. The number of fused-ring (bicyclic) bond motifs is 1. The molecular formula is C20H16O4. The van der Waals surface area contributed by atoms with Crippen molar-refractivity contribution in [1.82, 2.24) is 0 Å². The first-order chi connectivity index (χ1) is 11.6.